The van der Waals surface area contributed by atoms with Gasteiger partial charge in [-0.3, -0.25) is 4.79 Å². The fourth-order valence-electron chi connectivity index (χ4n) is 5.30. The predicted molar refractivity (Wildman–Crippen MR) is 126 cm³/mol. The summed E-state index contributed by atoms with van der Waals surface area (Å²) in [6, 6.07) is 4.16. The first-order valence-electron chi connectivity index (χ1n) is 11.4. The van der Waals surface area contributed by atoms with E-state index in [4.69, 9.17) is 15.0 Å². The maximum absolute atomic E-state index is 11.5. The Morgan fingerprint density at radius 3 is 2.76 bits per heavy atom. The van der Waals surface area contributed by atoms with Gasteiger partial charge < -0.3 is 20.5 Å². The molecule has 1 spiro atoms. The molecule has 4 aromatic heterocycles. The molecule has 10 nitrogen and oxygen atoms in total. The molecule has 5 heterocycles. The maximum atomic E-state index is 11.5. The monoisotopic (exact) mass is 445 g/mol. The van der Waals surface area contributed by atoms with Crippen LogP contribution in [0.2, 0.25) is 0 Å². The first-order valence-corrected chi connectivity index (χ1v) is 11.4. The van der Waals surface area contributed by atoms with Crippen molar-refractivity contribution < 1.29 is 4.79 Å². The quantitative estimate of drug-likeness (QED) is 0.442. The number of H-pyrrole nitrogens is 1. The van der Waals surface area contributed by atoms with Gasteiger partial charge in [-0.1, -0.05) is 0 Å². The summed E-state index contributed by atoms with van der Waals surface area (Å²) in [6.07, 6.45) is 9.95. The van der Waals surface area contributed by atoms with Crippen LogP contribution in [0.25, 0.3) is 27.9 Å². The van der Waals surface area contributed by atoms with Gasteiger partial charge in [0, 0.05) is 62.5 Å². The lowest BCUT2D eigenvalue weighted by Gasteiger charge is -2.53. The molecule has 0 radical (unpaired) electrons. The summed E-state index contributed by atoms with van der Waals surface area (Å²) in [4.78, 5) is 31.1. The lowest BCUT2D eigenvalue weighted by molar-refractivity contribution is -0.143. The van der Waals surface area contributed by atoms with Crippen molar-refractivity contribution in [2.75, 3.05) is 30.8 Å². The average molecular weight is 446 g/mol. The van der Waals surface area contributed by atoms with E-state index in [0.29, 0.717) is 17.4 Å². The second-order valence-corrected chi connectivity index (χ2v) is 9.31. The Bertz CT molecular complexity index is 1340. The number of aromatic nitrogens is 6. The van der Waals surface area contributed by atoms with Gasteiger partial charge in [0.15, 0.2) is 5.65 Å². The van der Waals surface area contributed by atoms with E-state index in [-0.39, 0.29) is 5.91 Å². The second-order valence-electron chi connectivity index (χ2n) is 9.31. The lowest BCUT2D eigenvalue weighted by Crippen LogP contribution is -2.59. The first-order chi connectivity index (χ1) is 16.0. The van der Waals surface area contributed by atoms with Crippen LogP contribution in [0.15, 0.2) is 30.7 Å². The molecule has 0 unspecified atom stereocenters. The summed E-state index contributed by atoms with van der Waals surface area (Å²) in [6.45, 7) is 3.47. The predicted octanol–water partition coefficient (Wildman–Crippen LogP) is 2.91. The van der Waals surface area contributed by atoms with Crippen LogP contribution in [-0.4, -0.2) is 66.5 Å². The van der Waals surface area contributed by atoms with Gasteiger partial charge in [-0.2, -0.15) is 15.1 Å². The number of hydrogen-bond acceptors (Lipinski definition) is 7. The molecule has 3 N–H and O–H groups in total. The maximum Gasteiger partial charge on any atom is 0.226 e. The minimum absolute atomic E-state index is 0.188. The number of aromatic amines is 1. The van der Waals surface area contributed by atoms with Gasteiger partial charge in [-0.15, -0.1) is 0 Å². The molecule has 0 aromatic carbocycles. The van der Waals surface area contributed by atoms with E-state index in [9.17, 15) is 4.79 Å². The molecular weight excluding hydrogens is 418 g/mol. The fourth-order valence-corrected chi connectivity index (χ4v) is 5.30. The number of rotatable bonds is 4. The van der Waals surface area contributed by atoms with Crippen LogP contribution in [0.1, 0.15) is 32.6 Å². The lowest BCUT2D eigenvalue weighted by atomic mass is 9.67. The highest BCUT2D eigenvalue weighted by atomic mass is 16.2. The van der Waals surface area contributed by atoms with Crippen molar-refractivity contribution in [1.82, 2.24) is 34.4 Å². The molecule has 2 aliphatic rings. The van der Waals surface area contributed by atoms with E-state index in [1.807, 2.05) is 36.5 Å². The molecule has 1 aliphatic carbocycles. The Morgan fingerprint density at radius 1 is 1.18 bits per heavy atom. The summed E-state index contributed by atoms with van der Waals surface area (Å²) < 4.78 is 1.74. The summed E-state index contributed by atoms with van der Waals surface area (Å²) in [5.41, 5.74) is 3.67. The molecule has 1 saturated heterocycles. The number of nitrogens with zero attached hydrogens (tertiary/aromatic N) is 6. The van der Waals surface area contributed by atoms with Crippen molar-refractivity contribution in [1.29, 1.82) is 0 Å². The number of fused-ring (bicyclic) bond motifs is 2. The standard InChI is InChI=1S/C23H27N9O/c1-14(33)31-12-23(13-31)7-3-15(4-8-23)27-22-29-20(24-2)19-16(11-25-21(19)30-22)17-6-10-32-18(28-17)5-9-26-32/h5-6,9-11,15H,3-4,7-8,12-13H2,1-2H3,(H3,24,25,27,29,30). The molecule has 10 heteroatoms. The van der Waals surface area contributed by atoms with Crippen molar-refractivity contribution in [3.8, 4) is 11.3 Å². The van der Waals surface area contributed by atoms with Crippen LogP contribution >= 0.6 is 0 Å². The van der Waals surface area contributed by atoms with Gasteiger partial charge in [0.25, 0.3) is 0 Å². The van der Waals surface area contributed by atoms with Gasteiger partial charge in [0.2, 0.25) is 11.9 Å². The van der Waals surface area contributed by atoms with Crippen molar-refractivity contribution in [2.24, 2.45) is 5.41 Å². The van der Waals surface area contributed by atoms with Crippen LogP contribution in [0, 0.1) is 5.41 Å². The number of nitrogens with one attached hydrogen (secondary N) is 3. The summed E-state index contributed by atoms with van der Waals surface area (Å²) in [5.74, 6) is 1.57. The third kappa shape index (κ3) is 3.37. The minimum atomic E-state index is 0.188. The van der Waals surface area contributed by atoms with Crippen molar-refractivity contribution in [3.63, 3.8) is 0 Å². The van der Waals surface area contributed by atoms with Crippen molar-refractivity contribution in [3.05, 3.63) is 30.7 Å². The van der Waals surface area contributed by atoms with E-state index >= 15 is 0 Å². The van der Waals surface area contributed by atoms with Gasteiger partial charge in [-0.05, 0) is 31.7 Å². The number of carbonyl (C=O) groups is 1. The molecule has 2 fully saturated rings. The molecule has 33 heavy (non-hydrogen) atoms. The Labute approximate surface area is 190 Å². The van der Waals surface area contributed by atoms with Gasteiger partial charge in [0.1, 0.15) is 11.5 Å². The SMILES string of the molecule is CNc1nc(NC2CCC3(CC2)CN(C(C)=O)C3)nc2[nH]cc(-c3ccn4nccc4n3)c12. The van der Waals surface area contributed by atoms with Gasteiger partial charge >= 0.3 is 0 Å². The van der Waals surface area contributed by atoms with Crippen molar-refractivity contribution >= 4 is 34.4 Å². The largest absolute Gasteiger partial charge is 0.372 e. The van der Waals surface area contributed by atoms with Crippen LogP contribution in [0.3, 0.4) is 0 Å². The smallest absolute Gasteiger partial charge is 0.226 e. The number of carbonyl (C=O) groups excluding carboxylic acids is 1. The molecule has 0 atom stereocenters. The molecular formula is C23H27N9O. The molecule has 1 amide bonds. The zero-order valence-electron chi connectivity index (χ0n) is 18.8. The van der Waals surface area contributed by atoms with E-state index < -0.39 is 0 Å². The highest BCUT2D eigenvalue weighted by Gasteiger charge is 2.46. The van der Waals surface area contributed by atoms with E-state index in [1.54, 1.807) is 17.6 Å². The highest BCUT2D eigenvalue weighted by molar-refractivity contribution is 6.00. The number of likely N-dealkylation sites (tertiary alicyclic amines) is 1. The normalized spacial score (nSPS) is 18.1. The zero-order chi connectivity index (χ0) is 22.6. The first kappa shape index (κ1) is 20.0. The molecule has 1 aliphatic heterocycles. The van der Waals surface area contributed by atoms with E-state index in [2.05, 4.69) is 20.7 Å². The van der Waals surface area contributed by atoms with Crippen LogP contribution in [0.5, 0.6) is 0 Å². The summed E-state index contributed by atoms with van der Waals surface area (Å²) in [7, 11) is 1.87. The topological polar surface area (TPSA) is 116 Å². The number of hydrogen-bond donors (Lipinski definition) is 3. The Hall–Kier alpha value is -3.69. The van der Waals surface area contributed by atoms with Crippen LogP contribution in [-0.2, 0) is 4.79 Å². The van der Waals surface area contributed by atoms with Crippen molar-refractivity contribution in [2.45, 2.75) is 38.6 Å². The Balaban J connectivity index is 1.22. The number of anilines is 2. The second kappa shape index (κ2) is 7.43. The fraction of sp³-hybridized carbons (Fsp3) is 0.435. The highest BCUT2D eigenvalue weighted by Crippen LogP contribution is 2.44. The zero-order valence-corrected chi connectivity index (χ0v) is 18.8. The van der Waals surface area contributed by atoms with Crippen LogP contribution in [0.4, 0.5) is 11.8 Å². The van der Waals surface area contributed by atoms with E-state index in [0.717, 1.165) is 72.5 Å². The summed E-state index contributed by atoms with van der Waals surface area (Å²) >= 11 is 0. The Kier molecular flexibility index (Phi) is 4.49. The molecule has 6 rings (SSSR count). The molecule has 4 aromatic rings. The third-order valence-electron chi connectivity index (χ3n) is 7.18. The van der Waals surface area contributed by atoms with Gasteiger partial charge in [-0.25, -0.2) is 9.50 Å². The van der Waals surface area contributed by atoms with Gasteiger partial charge in [0.05, 0.1) is 17.3 Å². The molecule has 170 valence electrons. The van der Waals surface area contributed by atoms with Crippen LogP contribution < -0.4 is 10.6 Å². The molecule has 0 bridgehead atoms. The third-order valence-corrected chi connectivity index (χ3v) is 7.18. The number of amides is 1. The Morgan fingerprint density at radius 2 is 2.00 bits per heavy atom. The average Bonchev–Trinajstić information content (AvgIpc) is 3.44. The van der Waals surface area contributed by atoms with E-state index in [1.165, 1.54) is 0 Å². The molecule has 1 saturated carbocycles. The summed E-state index contributed by atoms with van der Waals surface area (Å²) in [5, 5.41) is 11.9. The minimum Gasteiger partial charge on any atom is -0.372 e.